The van der Waals surface area contributed by atoms with E-state index >= 15 is 0 Å². The van der Waals surface area contributed by atoms with Crippen LogP contribution in [0.4, 0.5) is 0 Å². The Labute approximate surface area is 91.8 Å². The lowest BCUT2D eigenvalue weighted by Crippen LogP contribution is -2.40. The second kappa shape index (κ2) is 5.08. The van der Waals surface area contributed by atoms with Crippen LogP contribution >= 0.6 is 0 Å². The Morgan fingerprint density at radius 3 is 2.60 bits per heavy atom. The SMILES string of the molecule is COC1CCN(CC2CCCC2=O)CC1. The van der Waals surface area contributed by atoms with E-state index in [0.29, 0.717) is 17.8 Å². The van der Waals surface area contributed by atoms with Crippen molar-refractivity contribution in [2.75, 3.05) is 26.7 Å². The summed E-state index contributed by atoms with van der Waals surface area (Å²) in [4.78, 5) is 14.0. The van der Waals surface area contributed by atoms with E-state index in [1.165, 1.54) is 0 Å². The van der Waals surface area contributed by atoms with Crippen molar-refractivity contribution in [2.24, 2.45) is 5.92 Å². The summed E-state index contributed by atoms with van der Waals surface area (Å²) >= 11 is 0. The van der Waals surface area contributed by atoms with Crippen molar-refractivity contribution >= 4 is 5.78 Å². The minimum atomic E-state index is 0.337. The normalized spacial score (nSPS) is 29.9. The monoisotopic (exact) mass is 211 g/mol. The fraction of sp³-hybridized carbons (Fsp3) is 0.917. The number of carbonyl (C=O) groups excluding carboxylic acids is 1. The van der Waals surface area contributed by atoms with Gasteiger partial charge in [-0.05, 0) is 25.7 Å². The fourth-order valence-electron chi connectivity index (χ4n) is 2.72. The number of piperidine rings is 1. The molecule has 0 N–H and O–H groups in total. The van der Waals surface area contributed by atoms with E-state index in [2.05, 4.69) is 4.90 Å². The largest absolute Gasteiger partial charge is 0.381 e. The Balaban J connectivity index is 1.74. The van der Waals surface area contributed by atoms with Gasteiger partial charge in [0.1, 0.15) is 5.78 Å². The van der Waals surface area contributed by atoms with Gasteiger partial charge >= 0.3 is 0 Å². The zero-order valence-electron chi connectivity index (χ0n) is 9.58. The minimum Gasteiger partial charge on any atom is -0.381 e. The summed E-state index contributed by atoms with van der Waals surface area (Å²) in [7, 11) is 1.79. The Morgan fingerprint density at radius 2 is 2.07 bits per heavy atom. The van der Waals surface area contributed by atoms with Gasteiger partial charge in [0.2, 0.25) is 0 Å². The molecular formula is C12H21NO2. The summed E-state index contributed by atoms with van der Waals surface area (Å²) in [5, 5.41) is 0. The standard InChI is InChI=1S/C12H21NO2/c1-15-11-5-7-13(8-6-11)9-10-3-2-4-12(10)14/h10-11H,2-9H2,1H3. The van der Waals surface area contributed by atoms with Crippen molar-refractivity contribution in [3.63, 3.8) is 0 Å². The number of ketones is 1. The highest BCUT2D eigenvalue weighted by Crippen LogP contribution is 2.23. The molecule has 86 valence electrons. The number of likely N-dealkylation sites (tertiary alicyclic amines) is 1. The average Bonchev–Trinajstić information content (AvgIpc) is 2.66. The first-order valence-electron chi connectivity index (χ1n) is 6.07. The maximum Gasteiger partial charge on any atom is 0.137 e. The highest BCUT2D eigenvalue weighted by Gasteiger charge is 2.28. The molecule has 3 heteroatoms. The molecule has 1 saturated heterocycles. The third kappa shape index (κ3) is 2.79. The zero-order chi connectivity index (χ0) is 10.7. The first-order valence-corrected chi connectivity index (χ1v) is 6.07. The molecule has 0 bridgehead atoms. The maximum atomic E-state index is 11.5. The van der Waals surface area contributed by atoms with E-state index < -0.39 is 0 Å². The number of methoxy groups -OCH3 is 1. The molecule has 1 aliphatic heterocycles. The second-order valence-corrected chi connectivity index (χ2v) is 4.79. The molecule has 0 aromatic carbocycles. The third-order valence-corrected chi connectivity index (χ3v) is 3.78. The van der Waals surface area contributed by atoms with Crippen molar-refractivity contribution in [1.29, 1.82) is 0 Å². The van der Waals surface area contributed by atoms with Crippen molar-refractivity contribution < 1.29 is 9.53 Å². The van der Waals surface area contributed by atoms with Gasteiger partial charge in [0.15, 0.2) is 0 Å². The molecule has 0 spiro atoms. The smallest absolute Gasteiger partial charge is 0.137 e. The van der Waals surface area contributed by atoms with Crippen LogP contribution in [0, 0.1) is 5.92 Å². The molecule has 2 fully saturated rings. The summed E-state index contributed by atoms with van der Waals surface area (Å²) in [5.41, 5.74) is 0. The van der Waals surface area contributed by atoms with Crippen LogP contribution in [0.15, 0.2) is 0 Å². The summed E-state index contributed by atoms with van der Waals surface area (Å²) < 4.78 is 5.34. The first kappa shape index (κ1) is 11.1. The number of hydrogen-bond donors (Lipinski definition) is 0. The van der Waals surface area contributed by atoms with Crippen LogP contribution in [-0.4, -0.2) is 43.5 Å². The summed E-state index contributed by atoms with van der Waals surface area (Å²) in [6.45, 7) is 3.19. The second-order valence-electron chi connectivity index (χ2n) is 4.79. The molecule has 1 saturated carbocycles. The Hall–Kier alpha value is -0.410. The van der Waals surface area contributed by atoms with Gasteiger partial charge in [-0.25, -0.2) is 0 Å². The van der Waals surface area contributed by atoms with Crippen LogP contribution in [0.3, 0.4) is 0 Å². The molecule has 1 aliphatic carbocycles. The van der Waals surface area contributed by atoms with Crippen LogP contribution in [0.5, 0.6) is 0 Å². The lowest BCUT2D eigenvalue weighted by atomic mass is 10.0. The van der Waals surface area contributed by atoms with E-state index in [1.807, 2.05) is 0 Å². The number of ether oxygens (including phenoxy) is 1. The molecule has 2 rings (SSSR count). The minimum absolute atomic E-state index is 0.337. The van der Waals surface area contributed by atoms with Crippen molar-refractivity contribution in [3.05, 3.63) is 0 Å². The summed E-state index contributed by atoms with van der Waals surface area (Å²) in [6, 6.07) is 0. The van der Waals surface area contributed by atoms with Crippen LogP contribution in [-0.2, 0) is 9.53 Å². The molecule has 0 radical (unpaired) electrons. The predicted octanol–water partition coefficient (Wildman–Crippen LogP) is 1.47. The van der Waals surface area contributed by atoms with Crippen LogP contribution < -0.4 is 0 Å². The molecule has 15 heavy (non-hydrogen) atoms. The highest BCUT2D eigenvalue weighted by molar-refractivity contribution is 5.83. The molecule has 3 nitrogen and oxygen atoms in total. The Morgan fingerprint density at radius 1 is 1.33 bits per heavy atom. The molecule has 2 aliphatic rings. The van der Waals surface area contributed by atoms with Gasteiger partial charge in [0.25, 0.3) is 0 Å². The number of hydrogen-bond acceptors (Lipinski definition) is 3. The van der Waals surface area contributed by atoms with Crippen molar-refractivity contribution in [3.8, 4) is 0 Å². The maximum absolute atomic E-state index is 11.5. The van der Waals surface area contributed by atoms with E-state index in [9.17, 15) is 4.79 Å². The summed E-state index contributed by atoms with van der Waals surface area (Å²) in [5.74, 6) is 0.827. The van der Waals surface area contributed by atoms with E-state index in [1.54, 1.807) is 7.11 Å². The van der Waals surface area contributed by atoms with Gasteiger partial charge in [-0.2, -0.15) is 0 Å². The summed E-state index contributed by atoms with van der Waals surface area (Å²) in [6.07, 6.45) is 5.73. The number of rotatable bonds is 3. The fourth-order valence-corrected chi connectivity index (χ4v) is 2.72. The van der Waals surface area contributed by atoms with Crippen molar-refractivity contribution in [1.82, 2.24) is 4.90 Å². The average molecular weight is 211 g/mol. The topological polar surface area (TPSA) is 29.5 Å². The van der Waals surface area contributed by atoms with Crippen molar-refractivity contribution in [2.45, 2.75) is 38.2 Å². The van der Waals surface area contributed by atoms with Gasteiger partial charge in [0.05, 0.1) is 6.10 Å². The molecule has 1 heterocycles. The molecule has 0 aromatic rings. The first-order chi connectivity index (χ1) is 7.29. The van der Waals surface area contributed by atoms with Crippen LogP contribution in [0.1, 0.15) is 32.1 Å². The van der Waals surface area contributed by atoms with Crippen LogP contribution in [0.25, 0.3) is 0 Å². The molecule has 0 aromatic heterocycles. The van der Waals surface area contributed by atoms with E-state index in [0.717, 1.165) is 51.7 Å². The van der Waals surface area contributed by atoms with Gasteiger partial charge in [-0.3, -0.25) is 4.79 Å². The van der Waals surface area contributed by atoms with Gasteiger partial charge in [-0.1, -0.05) is 0 Å². The molecular weight excluding hydrogens is 190 g/mol. The van der Waals surface area contributed by atoms with Gasteiger partial charge in [-0.15, -0.1) is 0 Å². The Kier molecular flexibility index (Phi) is 3.76. The van der Waals surface area contributed by atoms with Gasteiger partial charge < -0.3 is 9.64 Å². The highest BCUT2D eigenvalue weighted by atomic mass is 16.5. The molecule has 1 unspecified atom stereocenters. The lowest BCUT2D eigenvalue weighted by Gasteiger charge is -2.32. The van der Waals surface area contributed by atoms with Gasteiger partial charge in [0, 0.05) is 39.1 Å². The number of carbonyl (C=O) groups is 1. The Bertz CT molecular complexity index is 222. The lowest BCUT2D eigenvalue weighted by molar-refractivity contribution is -0.121. The zero-order valence-corrected chi connectivity index (χ0v) is 9.58. The quantitative estimate of drug-likeness (QED) is 0.708. The van der Waals surface area contributed by atoms with Crippen LogP contribution in [0.2, 0.25) is 0 Å². The van der Waals surface area contributed by atoms with E-state index in [4.69, 9.17) is 4.74 Å². The molecule has 1 atom stereocenters. The number of nitrogens with zero attached hydrogens (tertiary/aromatic N) is 1. The third-order valence-electron chi connectivity index (χ3n) is 3.78. The molecule has 0 amide bonds. The number of Topliss-reactive ketones (excluding diaryl/α,β-unsaturated/α-hetero) is 1. The predicted molar refractivity (Wildman–Crippen MR) is 58.8 cm³/mol. The van der Waals surface area contributed by atoms with E-state index in [-0.39, 0.29) is 0 Å².